The number of nitrogens with one attached hydrogen (secondary N) is 1. The van der Waals surface area contributed by atoms with E-state index < -0.39 is 11.8 Å². The second-order valence-electron chi connectivity index (χ2n) is 15.4. The monoisotopic (exact) mass is 797 g/mol. The molecule has 312 valence electrons. The summed E-state index contributed by atoms with van der Waals surface area (Å²) in [6.07, 6.45) is 1.55. The molecule has 11 heteroatoms. The SMILES string of the molecule is CC(=O)CNC(=O)C(CC(=O)C(CC(=O)CCC(=O)COCCOCCOCCCC(=O)OCC1c2ccccc2-c2ccccc21)Cc1ccccc1)CC(C)C. The van der Waals surface area contributed by atoms with Gasteiger partial charge in [0.15, 0.2) is 5.78 Å². The van der Waals surface area contributed by atoms with Crippen LogP contribution in [0, 0.1) is 17.8 Å². The highest BCUT2D eigenvalue weighted by Gasteiger charge is 2.30. The summed E-state index contributed by atoms with van der Waals surface area (Å²) >= 11 is 0. The van der Waals surface area contributed by atoms with Crippen LogP contribution in [0.5, 0.6) is 0 Å². The molecule has 0 saturated heterocycles. The minimum atomic E-state index is -0.640. The first-order valence-corrected chi connectivity index (χ1v) is 20.5. The molecule has 1 aliphatic carbocycles. The fourth-order valence-corrected chi connectivity index (χ4v) is 7.18. The van der Waals surface area contributed by atoms with E-state index in [4.69, 9.17) is 18.9 Å². The predicted molar refractivity (Wildman–Crippen MR) is 220 cm³/mol. The number of ether oxygens (including phenoxy) is 4. The third kappa shape index (κ3) is 15.8. The Morgan fingerprint density at radius 1 is 0.655 bits per heavy atom. The Morgan fingerprint density at radius 2 is 1.24 bits per heavy atom. The molecule has 1 amide bonds. The van der Waals surface area contributed by atoms with E-state index >= 15 is 0 Å². The smallest absolute Gasteiger partial charge is 0.305 e. The van der Waals surface area contributed by atoms with E-state index in [1.54, 1.807) is 0 Å². The number of fused-ring (bicyclic) bond motifs is 3. The van der Waals surface area contributed by atoms with Crippen LogP contribution in [0.4, 0.5) is 0 Å². The van der Waals surface area contributed by atoms with Gasteiger partial charge in [-0.2, -0.15) is 0 Å². The van der Waals surface area contributed by atoms with Crippen molar-refractivity contribution in [2.75, 3.05) is 52.8 Å². The van der Waals surface area contributed by atoms with E-state index in [1.807, 2.05) is 68.4 Å². The van der Waals surface area contributed by atoms with Gasteiger partial charge in [-0.05, 0) is 59.9 Å². The number of carbonyl (C=O) groups excluding carboxylic acids is 6. The van der Waals surface area contributed by atoms with Crippen molar-refractivity contribution in [1.29, 1.82) is 0 Å². The molecule has 2 atom stereocenters. The number of esters is 1. The minimum Gasteiger partial charge on any atom is -0.465 e. The van der Waals surface area contributed by atoms with Gasteiger partial charge in [-0.25, -0.2) is 0 Å². The zero-order valence-electron chi connectivity index (χ0n) is 34.2. The maximum Gasteiger partial charge on any atom is 0.305 e. The van der Waals surface area contributed by atoms with Crippen molar-refractivity contribution in [2.24, 2.45) is 17.8 Å². The molecule has 0 spiro atoms. The highest BCUT2D eigenvalue weighted by atomic mass is 16.5. The van der Waals surface area contributed by atoms with Crippen molar-refractivity contribution in [3.05, 3.63) is 95.6 Å². The van der Waals surface area contributed by atoms with Crippen LogP contribution < -0.4 is 5.32 Å². The Kier molecular flexibility index (Phi) is 19.6. The Bertz CT molecular complexity index is 1760. The summed E-state index contributed by atoms with van der Waals surface area (Å²) in [7, 11) is 0. The number of benzene rings is 3. The Labute approximate surface area is 342 Å². The van der Waals surface area contributed by atoms with Gasteiger partial charge in [0.1, 0.15) is 30.6 Å². The van der Waals surface area contributed by atoms with Crippen molar-refractivity contribution >= 4 is 35.0 Å². The van der Waals surface area contributed by atoms with Gasteiger partial charge in [0.05, 0.1) is 33.0 Å². The number of rotatable bonds is 29. The summed E-state index contributed by atoms with van der Waals surface area (Å²) in [5.74, 6) is -2.45. The molecular formula is C47H59NO10. The average Bonchev–Trinajstić information content (AvgIpc) is 3.53. The highest BCUT2D eigenvalue weighted by Crippen LogP contribution is 2.44. The zero-order valence-corrected chi connectivity index (χ0v) is 34.2. The molecule has 58 heavy (non-hydrogen) atoms. The largest absolute Gasteiger partial charge is 0.465 e. The molecular weight excluding hydrogens is 739 g/mol. The van der Waals surface area contributed by atoms with Gasteiger partial charge in [0, 0.05) is 56.5 Å². The van der Waals surface area contributed by atoms with Crippen LogP contribution >= 0.6 is 0 Å². The van der Waals surface area contributed by atoms with Crippen LogP contribution in [0.3, 0.4) is 0 Å². The standard InChI is InChI=1S/C47H59NO10/c1-33(2)26-37(47(54)48-30-34(3)49)29-45(52)36(27-35-12-5-4-6-13-35)28-38(50)19-20-39(51)31-57-25-24-56-23-22-55-21-11-18-46(53)58-32-44-42-16-9-7-14-40(42)41-15-8-10-17-43(41)44/h4-10,12-17,33,36-37,44H,11,18-32H2,1-3H3,(H,48,54). The lowest BCUT2D eigenvalue weighted by Gasteiger charge is -2.21. The Hall–Kier alpha value is -4.84. The number of amides is 1. The van der Waals surface area contributed by atoms with Gasteiger partial charge in [0.2, 0.25) is 5.91 Å². The first-order chi connectivity index (χ1) is 28.0. The van der Waals surface area contributed by atoms with Crippen molar-refractivity contribution in [3.63, 3.8) is 0 Å². The van der Waals surface area contributed by atoms with E-state index in [1.165, 1.54) is 29.2 Å². The topological polar surface area (TPSA) is 151 Å². The Morgan fingerprint density at radius 3 is 1.88 bits per heavy atom. The van der Waals surface area contributed by atoms with Gasteiger partial charge in [-0.15, -0.1) is 0 Å². The van der Waals surface area contributed by atoms with Gasteiger partial charge in [-0.3, -0.25) is 28.8 Å². The van der Waals surface area contributed by atoms with E-state index in [2.05, 4.69) is 29.6 Å². The van der Waals surface area contributed by atoms with Crippen molar-refractivity contribution < 1.29 is 47.7 Å². The normalized spacial score (nSPS) is 13.0. The fraction of sp³-hybridized carbons (Fsp3) is 0.489. The van der Waals surface area contributed by atoms with E-state index in [-0.39, 0.29) is 105 Å². The van der Waals surface area contributed by atoms with E-state index in [0.29, 0.717) is 45.7 Å². The number of hydrogen-bond donors (Lipinski definition) is 1. The molecule has 0 saturated carbocycles. The lowest BCUT2D eigenvalue weighted by molar-refractivity contribution is -0.144. The van der Waals surface area contributed by atoms with Crippen LogP contribution in [-0.2, 0) is 54.1 Å². The fourth-order valence-electron chi connectivity index (χ4n) is 7.18. The first-order valence-electron chi connectivity index (χ1n) is 20.5. The molecule has 0 aliphatic heterocycles. The predicted octanol–water partition coefficient (Wildman–Crippen LogP) is 6.67. The summed E-state index contributed by atoms with van der Waals surface area (Å²) < 4.78 is 22.2. The summed E-state index contributed by atoms with van der Waals surface area (Å²) in [4.78, 5) is 75.8. The first kappa shape index (κ1) is 45.9. The zero-order chi connectivity index (χ0) is 41.7. The van der Waals surface area contributed by atoms with Crippen LogP contribution in [0.2, 0.25) is 0 Å². The second-order valence-corrected chi connectivity index (χ2v) is 15.4. The maximum absolute atomic E-state index is 13.6. The molecule has 0 radical (unpaired) electrons. The third-order valence-corrected chi connectivity index (χ3v) is 10.1. The molecule has 4 rings (SSSR count). The number of hydrogen-bond acceptors (Lipinski definition) is 10. The molecule has 3 aromatic rings. The summed E-state index contributed by atoms with van der Waals surface area (Å²) in [5.41, 5.74) is 5.64. The highest BCUT2D eigenvalue weighted by molar-refractivity contribution is 5.93. The third-order valence-electron chi connectivity index (χ3n) is 10.1. The van der Waals surface area contributed by atoms with E-state index in [9.17, 15) is 28.8 Å². The molecule has 1 N–H and O–H groups in total. The molecule has 0 heterocycles. The van der Waals surface area contributed by atoms with Gasteiger partial charge in [-0.1, -0.05) is 92.7 Å². The average molecular weight is 798 g/mol. The second kappa shape index (κ2) is 24.8. The molecule has 0 bridgehead atoms. The molecule has 11 nitrogen and oxygen atoms in total. The quantitative estimate of drug-likeness (QED) is 0.0596. The maximum atomic E-state index is 13.6. The molecule has 0 aromatic heterocycles. The van der Waals surface area contributed by atoms with Crippen molar-refractivity contribution in [3.8, 4) is 11.1 Å². The summed E-state index contributed by atoms with van der Waals surface area (Å²) in [6.45, 7) is 6.93. The van der Waals surface area contributed by atoms with Crippen molar-refractivity contribution in [2.45, 2.75) is 78.1 Å². The van der Waals surface area contributed by atoms with Gasteiger partial charge in [0.25, 0.3) is 0 Å². The van der Waals surface area contributed by atoms with E-state index in [0.717, 1.165) is 5.56 Å². The number of ketones is 4. The Balaban J connectivity index is 1.05. The van der Waals surface area contributed by atoms with Crippen LogP contribution in [-0.4, -0.2) is 87.8 Å². The van der Waals surface area contributed by atoms with Crippen LogP contribution in [0.1, 0.15) is 88.3 Å². The van der Waals surface area contributed by atoms with Gasteiger partial charge < -0.3 is 24.3 Å². The number of carbonyl (C=O) groups is 6. The number of Topliss-reactive ketones (excluding diaryl/α,β-unsaturated/α-hetero) is 4. The lowest BCUT2D eigenvalue weighted by Crippen LogP contribution is -2.36. The summed E-state index contributed by atoms with van der Waals surface area (Å²) in [6, 6.07) is 25.9. The molecule has 1 aliphatic rings. The summed E-state index contributed by atoms with van der Waals surface area (Å²) in [5, 5.41) is 2.63. The minimum absolute atomic E-state index is 0.000751. The van der Waals surface area contributed by atoms with Crippen LogP contribution in [0.15, 0.2) is 78.9 Å². The molecule has 3 aromatic carbocycles. The van der Waals surface area contributed by atoms with Gasteiger partial charge >= 0.3 is 5.97 Å². The molecule has 0 fully saturated rings. The molecule has 2 unspecified atom stereocenters. The van der Waals surface area contributed by atoms with Crippen LogP contribution in [0.25, 0.3) is 11.1 Å². The van der Waals surface area contributed by atoms with Crippen molar-refractivity contribution in [1.82, 2.24) is 5.32 Å². The lowest BCUT2D eigenvalue weighted by atomic mass is 9.83.